The second kappa shape index (κ2) is 8.64. The molecule has 0 unspecified atom stereocenters. The largest absolute Gasteiger partial charge is 0.465 e. The van der Waals surface area contributed by atoms with Gasteiger partial charge in [-0.05, 0) is 11.4 Å². The molecule has 1 heterocycles. The number of aliphatic hydroxyl groups excluding tert-OH is 2. The van der Waals surface area contributed by atoms with Gasteiger partial charge in [-0.25, -0.2) is 4.79 Å². The first-order valence-corrected chi connectivity index (χ1v) is 6.90. The molecule has 0 fully saturated rings. The second-order valence-corrected chi connectivity index (χ2v) is 4.84. The number of nitrogens with zero attached hydrogens (tertiary/aromatic N) is 1. The highest BCUT2D eigenvalue weighted by Gasteiger charge is 2.16. The van der Waals surface area contributed by atoms with Crippen LogP contribution in [0, 0.1) is 0 Å². The lowest BCUT2D eigenvalue weighted by molar-refractivity contribution is -0.117. The van der Waals surface area contributed by atoms with E-state index in [1.54, 1.807) is 16.3 Å². The number of nitrogens with one attached hydrogen (secondary N) is 1. The van der Waals surface area contributed by atoms with Gasteiger partial charge in [0.1, 0.15) is 4.88 Å². The Morgan fingerprint density at radius 3 is 2.55 bits per heavy atom. The molecule has 1 rings (SSSR count). The van der Waals surface area contributed by atoms with Crippen molar-refractivity contribution in [3.05, 3.63) is 16.3 Å². The van der Waals surface area contributed by atoms with E-state index in [2.05, 4.69) is 10.1 Å². The van der Waals surface area contributed by atoms with Gasteiger partial charge in [-0.2, -0.15) is 0 Å². The highest BCUT2D eigenvalue weighted by atomic mass is 32.1. The van der Waals surface area contributed by atoms with E-state index in [0.717, 1.165) is 0 Å². The Labute approximate surface area is 120 Å². The number of carbonyl (C=O) groups excluding carboxylic acids is 2. The normalized spacial score (nSPS) is 10.6. The van der Waals surface area contributed by atoms with Crippen molar-refractivity contribution >= 4 is 28.9 Å². The molecule has 7 nitrogen and oxygen atoms in total. The summed E-state index contributed by atoms with van der Waals surface area (Å²) in [5, 5.41) is 22.0. The molecule has 112 valence electrons. The third kappa shape index (κ3) is 4.89. The van der Waals surface area contributed by atoms with Crippen LogP contribution in [0.25, 0.3) is 0 Å². The van der Waals surface area contributed by atoms with Gasteiger partial charge < -0.3 is 20.3 Å². The monoisotopic (exact) mass is 302 g/mol. The van der Waals surface area contributed by atoms with Gasteiger partial charge in [0, 0.05) is 13.1 Å². The van der Waals surface area contributed by atoms with E-state index in [1.165, 1.54) is 18.4 Å². The standard InChI is InChI=1S/C12H18N2O5S/c1-19-12(18)11-9(2-7-20-11)13-10(17)8-14(3-5-15)4-6-16/h2,7,15-16H,3-6,8H2,1H3,(H,13,17). The maximum Gasteiger partial charge on any atom is 0.350 e. The van der Waals surface area contributed by atoms with Crippen molar-refractivity contribution in [3.63, 3.8) is 0 Å². The molecule has 1 amide bonds. The number of esters is 1. The minimum atomic E-state index is -0.502. The third-order valence-electron chi connectivity index (χ3n) is 2.51. The van der Waals surface area contributed by atoms with Gasteiger partial charge in [0.25, 0.3) is 0 Å². The first-order chi connectivity index (χ1) is 9.62. The average Bonchev–Trinajstić information content (AvgIpc) is 2.86. The summed E-state index contributed by atoms with van der Waals surface area (Å²) in [7, 11) is 1.28. The van der Waals surface area contributed by atoms with Crippen molar-refractivity contribution in [1.82, 2.24) is 4.90 Å². The van der Waals surface area contributed by atoms with Crippen LogP contribution in [0.3, 0.4) is 0 Å². The molecule has 0 saturated carbocycles. The molecule has 0 saturated heterocycles. The summed E-state index contributed by atoms with van der Waals surface area (Å²) in [6, 6.07) is 1.62. The van der Waals surface area contributed by atoms with Crippen LogP contribution in [0.1, 0.15) is 9.67 Å². The lowest BCUT2D eigenvalue weighted by Gasteiger charge is -2.19. The van der Waals surface area contributed by atoms with E-state index in [9.17, 15) is 9.59 Å². The second-order valence-electron chi connectivity index (χ2n) is 3.93. The molecule has 1 aromatic rings. The Balaban J connectivity index is 2.61. The summed E-state index contributed by atoms with van der Waals surface area (Å²) in [5.74, 6) is -0.826. The summed E-state index contributed by atoms with van der Waals surface area (Å²) in [5.41, 5.74) is 0.403. The summed E-state index contributed by atoms with van der Waals surface area (Å²) in [6.07, 6.45) is 0. The molecule has 0 radical (unpaired) electrons. The van der Waals surface area contributed by atoms with Crippen molar-refractivity contribution in [2.75, 3.05) is 45.3 Å². The zero-order chi connectivity index (χ0) is 15.0. The maximum atomic E-state index is 11.9. The number of carbonyl (C=O) groups is 2. The number of methoxy groups -OCH3 is 1. The number of aliphatic hydroxyl groups is 2. The van der Waals surface area contributed by atoms with Crippen LogP contribution in [0.15, 0.2) is 11.4 Å². The Kier molecular flexibility index (Phi) is 7.16. The third-order valence-corrected chi connectivity index (χ3v) is 3.40. The van der Waals surface area contributed by atoms with Gasteiger partial charge in [0.15, 0.2) is 0 Å². The Hall–Kier alpha value is -1.48. The van der Waals surface area contributed by atoms with E-state index in [4.69, 9.17) is 10.2 Å². The Morgan fingerprint density at radius 2 is 2.00 bits per heavy atom. The van der Waals surface area contributed by atoms with E-state index >= 15 is 0 Å². The van der Waals surface area contributed by atoms with Crippen LogP contribution in [0.2, 0.25) is 0 Å². The number of hydrogen-bond acceptors (Lipinski definition) is 7. The molecule has 8 heteroatoms. The van der Waals surface area contributed by atoms with E-state index in [1.807, 2.05) is 0 Å². The quantitative estimate of drug-likeness (QED) is 0.573. The number of thiophene rings is 1. The summed E-state index contributed by atoms with van der Waals surface area (Å²) in [4.78, 5) is 25.3. The molecule has 0 aromatic carbocycles. The SMILES string of the molecule is COC(=O)c1sccc1NC(=O)CN(CCO)CCO. The lowest BCUT2D eigenvalue weighted by Crippen LogP contribution is -2.37. The molecule has 0 aliphatic carbocycles. The molecule has 0 bridgehead atoms. The molecular formula is C12H18N2O5S. The van der Waals surface area contributed by atoms with Crippen LogP contribution < -0.4 is 5.32 Å². The first-order valence-electron chi connectivity index (χ1n) is 6.02. The van der Waals surface area contributed by atoms with E-state index in [0.29, 0.717) is 23.7 Å². The molecule has 0 spiro atoms. The van der Waals surface area contributed by atoms with Gasteiger partial charge in [0.05, 0.1) is 32.6 Å². The van der Waals surface area contributed by atoms with Crippen LogP contribution >= 0.6 is 11.3 Å². The molecule has 20 heavy (non-hydrogen) atoms. The highest BCUT2D eigenvalue weighted by Crippen LogP contribution is 2.22. The molecule has 0 aliphatic rings. The topological polar surface area (TPSA) is 99.1 Å². The van der Waals surface area contributed by atoms with Gasteiger partial charge in [-0.15, -0.1) is 11.3 Å². The van der Waals surface area contributed by atoms with Crippen LogP contribution in [0.4, 0.5) is 5.69 Å². The van der Waals surface area contributed by atoms with Crippen molar-refractivity contribution in [2.45, 2.75) is 0 Å². The zero-order valence-corrected chi connectivity index (χ0v) is 12.0. The summed E-state index contributed by atoms with van der Waals surface area (Å²) >= 11 is 1.18. The fraction of sp³-hybridized carbons (Fsp3) is 0.500. The molecule has 0 aliphatic heterocycles. The van der Waals surface area contributed by atoms with E-state index in [-0.39, 0.29) is 25.7 Å². The fourth-order valence-corrected chi connectivity index (χ4v) is 2.37. The molecule has 0 atom stereocenters. The molecule has 3 N–H and O–H groups in total. The van der Waals surface area contributed by atoms with Gasteiger partial charge in [0.2, 0.25) is 5.91 Å². The summed E-state index contributed by atoms with van der Waals surface area (Å²) < 4.78 is 4.62. The van der Waals surface area contributed by atoms with Gasteiger partial charge >= 0.3 is 5.97 Å². The molecule has 1 aromatic heterocycles. The number of anilines is 1. The van der Waals surface area contributed by atoms with Crippen LogP contribution in [-0.2, 0) is 9.53 Å². The zero-order valence-electron chi connectivity index (χ0n) is 11.2. The van der Waals surface area contributed by atoms with Crippen molar-refractivity contribution in [2.24, 2.45) is 0 Å². The number of amides is 1. The van der Waals surface area contributed by atoms with E-state index < -0.39 is 5.97 Å². The lowest BCUT2D eigenvalue weighted by atomic mass is 10.3. The van der Waals surface area contributed by atoms with Crippen molar-refractivity contribution in [3.8, 4) is 0 Å². The first kappa shape index (κ1) is 16.6. The Bertz CT molecular complexity index is 443. The van der Waals surface area contributed by atoms with Gasteiger partial charge in [-0.3, -0.25) is 9.69 Å². The number of ether oxygens (including phenoxy) is 1. The number of hydrogen-bond donors (Lipinski definition) is 3. The fourth-order valence-electron chi connectivity index (χ4n) is 1.60. The van der Waals surface area contributed by atoms with Crippen molar-refractivity contribution < 1.29 is 24.5 Å². The predicted octanol–water partition coefficient (Wildman–Crippen LogP) is -0.240. The predicted molar refractivity (Wildman–Crippen MR) is 74.9 cm³/mol. The van der Waals surface area contributed by atoms with Crippen LogP contribution in [0.5, 0.6) is 0 Å². The minimum Gasteiger partial charge on any atom is -0.465 e. The van der Waals surface area contributed by atoms with Gasteiger partial charge in [-0.1, -0.05) is 0 Å². The van der Waals surface area contributed by atoms with Crippen LogP contribution in [-0.4, -0.2) is 66.9 Å². The number of rotatable bonds is 8. The average molecular weight is 302 g/mol. The maximum absolute atomic E-state index is 11.9. The smallest absolute Gasteiger partial charge is 0.350 e. The molecular weight excluding hydrogens is 284 g/mol. The summed E-state index contributed by atoms with van der Waals surface area (Å²) in [6.45, 7) is 0.415. The Morgan fingerprint density at radius 1 is 1.35 bits per heavy atom. The van der Waals surface area contributed by atoms with Crippen molar-refractivity contribution in [1.29, 1.82) is 0 Å². The highest BCUT2D eigenvalue weighted by molar-refractivity contribution is 7.12. The minimum absolute atomic E-state index is 0.0254.